The van der Waals surface area contributed by atoms with Gasteiger partial charge in [0.05, 0.1) is 11.0 Å². The Bertz CT molecular complexity index is 545. The average molecular weight is 251 g/mol. The van der Waals surface area contributed by atoms with Crippen LogP contribution in [0, 0.1) is 0 Å². The van der Waals surface area contributed by atoms with Crippen molar-refractivity contribution in [3.63, 3.8) is 0 Å². The molecule has 1 heterocycles. The van der Waals surface area contributed by atoms with Crippen molar-refractivity contribution >= 4 is 28.4 Å². The van der Waals surface area contributed by atoms with Crippen molar-refractivity contribution in [3.05, 3.63) is 29.6 Å². The Morgan fingerprint density at radius 2 is 2.24 bits per heavy atom. The fourth-order valence-electron chi connectivity index (χ4n) is 1.71. The molecular formula is C13H15ClN2O. The molecule has 3 nitrogen and oxygen atoms in total. The standard InChI is InChI=1S/C13H15ClN2O/c1-8(2)13-15-10-4-3-9(7-11(10)16-13)12(17)5-6-14/h3-4,7-8H,5-6H2,1-2H3,(H,15,16). The van der Waals surface area contributed by atoms with Crippen molar-refractivity contribution < 1.29 is 4.79 Å². The molecule has 0 aliphatic rings. The number of rotatable bonds is 4. The molecule has 1 aromatic carbocycles. The smallest absolute Gasteiger partial charge is 0.164 e. The predicted octanol–water partition coefficient (Wildman–Crippen LogP) is 3.50. The number of nitrogens with one attached hydrogen (secondary N) is 1. The van der Waals surface area contributed by atoms with E-state index >= 15 is 0 Å². The maximum Gasteiger partial charge on any atom is 0.164 e. The van der Waals surface area contributed by atoms with Crippen LogP contribution in [0.25, 0.3) is 11.0 Å². The summed E-state index contributed by atoms with van der Waals surface area (Å²) in [6.45, 7) is 4.16. The Hall–Kier alpha value is -1.35. The summed E-state index contributed by atoms with van der Waals surface area (Å²) in [4.78, 5) is 19.4. The Morgan fingerprint density at radius 3 is 2.88 bits per heavy atom. The topological polar surface area (TPSA) is 45.8 Å². The number of carbonyl (C=O) groups is 1. The Balaban J connectivity index is 2.40. The summed E-state index contributed by atoms with van der Waals surface area (Å²) in [7, 11) is 0. The lowest BCUT2D eigenvalue weighted by Crippen LogP contribution is -1.99. The second-order valence-corrected chi connectivity index (χ2v) is 4.75. The minimum absolute atomic E-state index is 0.0718. The van der Waals surface area contributed by atoms with Crippen LogP contribution in [-0.2, 0) is 0 Å². The molecule has 0 unspecified atom stereocenters. The van der Waals surface area contributed by atoms with Crippen LogP contribution in [0.15, 0.2) is 18.2 Å². The molecule has 0 fully saturated rings. The summed E-state index contributed by atoms with van der Waals surface area (Å²) in [5.41, 5.74) is 2.50. The monoisotopic (exact) mass is 250 g/mol. The van der Waals surface area contributed by atoms with Crippen LogP contribution in [0.4, 0.5) is 0 Å². The highest BCUT2D eigenvalue weighted by atomic mass is 35.5. The van der Waals surface area contributed by atoms with Gasteiger partial charge in [-0.2, -0.15) is 0 Å². The van der Waals surface area contributed by atoms with E-state index in [1.54, 1.807) is 0 Å². The number of aromatic nitrogens is 2. The zero-order valence-electron chi connectivity index (χ0n) is 9.96. The molecule has 2 aromatic rings. The number of hydrogen-bond acceptors (Lipinski definition) is 2. The number of halogens is 1. The van der Waals surface area contributed by atoms with Crippen molar-refractivity contribution in [2.75, 3.05) is 5.88 Å². The van der Waals surface area contributed by atoms with Crippen LogP contribution in [-0.4, -0.2) is 21.6 Å². The first-order valence-corrected chi connectivity index (χ1v) is 6.24. The zero-order chi connectivity index (χ0) is 12.4. The first kappa shape index (κ1) is 12.1. The first-order valence-electron chi connectivity index (χ1n) is 5.70. The van der Waals surface area contributed by atoms with Crippen molar-refractivity contribution in [1.29, 1.82) is 0 Å². The molecule has 0 spiro atoms. The molecule has 0 amide bonds. The quantitative estimate of drug-likeness (QED) is 0.667. The summed E-state index contributed by atoms with van der Waals surface area (Å²) in [6.07, 6.45) is 0.373. The molecule has 0 saturated carbocycles. The van der Waals surface area contributed by atoms with Crippen LogP contribution >= 0.6 is 11.6 Å². The predicted molar refractivity (Wildman–Crippen MR) is 69.9 cm³/mol. The van der Waals surface area contributed by atoms with Crippen LogP contribution in [0.1, 0.15) is 42.4 Å². The highest BCUT2D eigenvalue weighted by Gasteiger charge is 2.09. The lowest BCUT2D eigenvalue weighted by Gasteiger charge is -1.98. The molecule has 0 bridgehead atoms. The van der Waals surface area contributed by atoms with Gasteiger partial charge in [0.1, 0.15) is 5.82 Å². The first-order chi connectivity index (χ1) is 8.11. The Morgan fingerprint density at radius 1 is 1.47 bits per heavy atom. The van der Waals surface area contributed by atoms with Gasteiger partial charge in [-0.3, -0.25) is 4.79 Å². The zero-order valence-corrected chi connectivity index (χ0v) is 10.7. The van der Waals surface area contributed by atoms with Crippen molar-refractivity contribution in [1.82, 2.24) is 9.97 Å². The normalized spacial score (nSPS) is 11.3. The van der Waals surface area contributed by atoms with Crippen LogP contribution < -0.4 is 0 Å². The van der Waals surface area contributed by atoms with Gasteiger partial charge in [-0.1, -0.05) is 13.8 Å². The van der Waals surface area contributed by atoms with Gasteiger partial charge in [0, 0.05) is 23.8 Å². The van der Waals surface area contributed by atoms with Crippen molar-refractivity contribution in [3.8, 4) is 0 Å². The summed E-state index contributed by atoms with van der Waals surface area (Å²) in [5, 5.41) is 0. The van der Waals surface area contributed by atoms with E-state index in [0.717, 1.165) is 16.9 Å². The number of imidazole rings is 1. The van der Waals surface area contributed by atoms with Gasteiger partial charge in [0.25, 0.3) is 0 Å². The van der Waals surface area contributed by atoms with Gasteiger partial charge in [0.2, 0.25) is 0 Å². The van der Waals surface area contributed by atoms with E-state index in [1.807, 2.05) is 18.2 Å². The Labute approximate surface area is 105 Å². The largest absolute Gasteiger partial charge is 0.342 e. The number of Topliss-reactive ketones (excluding diaryl/α,β-unsaturated/α-hetero) is 1. The molecule has 0 aliphatic carbocycles. The minimum atomic E-state index is 0.0718. The highest BCUT2D eigenvalue weighted by Crippen LogP contribution is 2.19. The van der Waals surface area contributed by atoms with E-state index < -0.39 is 0 Å². The van der Waals surface area contributed by atoms with E-state index in [-0.39, 0.29) is 5.78 Å². The number of benzene rings is 1. The van der Waals surface area contributed by atoms with Gasteiger partial charge in [-0.05, 0) is 18.2 Å². The molecular weight excluding hydrogens is 236 g/mol. The van der Waals surface area contributed by atoms with E-state index in [0.29, 0.717) is 23.8 Å². The Kier molecular flexibility index (Phi) is 3.48. The lowest BCUT2D eigenvalue weighted by atomic mass is 10.1. The molecule has 90 valence electrons. The van der Waals surface area contributed by atoms with Crippen LogP contribution in [0.5, 0.6) is 0 Å². The number of H-pyrrole nitrogens is 1. The molecule has 2 rings (SSSR count). The number of carbonyl (C=O) groups excluding carboxylic acids is 1. The molecule has 1 N–H and O–H groups in total. The average Bonchev–Trinajstić information content (AvgIpc) is 2.71. The maximum atomic E-state index is 11.7. The molecule has 17 heavy (non-hydrogen) atoms. The van der Waals surface area contributed by atoms with Gasteiger partial charge < -0.3 is 4.98 Å². The number of alkyl halides is 1. The fraction of sp³-hybridized carbons (Fsp3) is 0.385. The second-order valence-electron chi connectivity index (χ2n) is 4.37. The van der Waals surface area contributed by atoms with E-state index in [2.05, 4.69) is 23.8 Å². The van der Waals surface area contributed by atoms with Gasteiger partial charge in [0.15, 0.2) is 5.78 Å². The minimum Gasteiger partial charge on any atom is -0.342 e. The molecule has 1 aromatic heterocycles. The second kappa shape index (κ2) is 4.88. The van der Waals surface area contributed by atoms with Gasteiger partial charge in [-0.25, -0.2) is 4.98 Å². The third-order valence-electron chi connectivity index (χ3n) is 2.69. The summed E-state index contributed by atoms with van der Waals surface area (Å²) in [5.74, 6) is 1.73. The molecule has 0 aliphatic heterocycles. The highest BCUT2D eigenvalue weighted by molar-refractivity contribution is 6.19. The SMILES string of the molecule is CC(C)c1nc2ccc(C(=O)CCCl)cc2[nH]1. The summed E-state index contributed by atoms with van der Waals surface area (Å²) in [6, 6.07) is 5.53. The fourth-order valence-corrected chi connectivity index (χ4v) is 1.88. The van der Waals surface area contributed by atoms with E-state index in [4.69, 9.17) is 11.6 Å². The summed E-state index contributed by atoms with van der Waals surface area (Å²) >= 11 is 5.57. The third-order valence-corrected chi connectivity index (χ3v) is 2.88. The third kappa shape index (κ3) is 2.50. The van der Waals surface area contributed by atoms with E-state index in [9.17, 15) is 4.79 Å². The molecule has 0 radical (unpaired) electrons. The van der Waals surface area contributed by atoms with E-state index in [1.165, 1.54) is 0 Å². The van der Waals surface area contributed by atoms with Crippen LogP contribution in [0.3, 0.4) is 0 Å². The molecule has 0 atom stereocenters. The maximum absolute atomic E-state index is 11.7. The molecule has 4 heteroatoms. The van der Waals surface area contributed by atoms with Crippen LogP contribution in [0.2, 0.25) is 0 Å². The lowest BCUT2D eigenvalue weighted by molar-refractivity contribution is 0.0989. The molecule has 0 saturated heterocycles. The summed E-state index contributed by atoms with van der Waals surface area (Å²) < 4.78 is 0. The van der Waals surface area contributed by atoms with Crippen molar-refractivity contribution in [2.24, 2.45) is 0 Å². The number of ketones is 1. The number of nitrogens with zero attached hydrogens (tertiary/aromatic N) is 1. The van der Waals surface area contributed by atoms with Gasteiger partial charge in [-0.15, -0.1) is 11.6 Å². The number of hydrogen-bond donors (Lipinski definition) is 1. The van der Waals surface area contributed by atoms with Gasteiger partial charge >= 0.3 is 0 Å². The number of aromatic amines is 1. The number of fused-ring (bicyclic) bond motifs is 1. The van der Waals surface area contributed by atoms with Crippen molar-refractivity contribution in [2.45, 2.75) is 26.2 Å².